The van der Waals surface area contributed by atoms with Gasteiger partial charge < -0.3 is 10.1 Å². The van der Waals surface area contributed by atoms with Crippen LogP contribution >= 0.6 is 0 Å². The number of carbonyl (C=O) groups excluding carboxylic acids is 1. The van der Waals surface area contributed by atoms with E-state index in [9.17, 15) is 13.2 Å². The summed E-state index contributed by atoms with van der Waals surface area (Å²) >= 11 is 0. The van der Waals surface area contributed by atoms with Crippen LogP contribution in [0.25, 0.3) is 0 Å². The maximum atomic E-state index is 12.6. The van der Waals surface area contributed by atoms with Gasteiger partial charge >= 0.3 is 0 Å². The van der Waals surface area contributed by atoms with Gasteiger partial charge in [0.15, 0.2) is 0 Å². The van der Waals surface area contributed by atoms with Crippen molar-refractivity contribution in [1.82, 2.24) is 10.2 Å². The maximum Gasteiger partial charge on any atom is 0.253 e. The molecule has 0 aromatic heterocycles. The van der Waals surface area contributed by atoms with Crippen molar-refractivity contribution in [3.05, 3.63) is 65.2 Å². The van der Waals surface area contributed by atoms with E-state index in [2.05, 4.69) is 27.1 Å². The Morgan fingerprint density at radius 3 is 2.54 bits per heavy atom. The van der Waals surface area contributed by atoms with Gasteiger partial charge in [0.25, 0.3) is 5.91 Å². The summed E-state index contributed by atoms with van der Waals surface area (Å²) in [6, 6.07) is 14.6. The Labute approximate surface area is 165 Å². The molecule has 0 aliphatic carbocycles. The maximum absolute atomic E-state index is 12.6. The summed E-state index contributed by atoms with van der Waals surface area (Å²) in [5.74, 6) is -0.328. The molecule has 0 radical (unpaired) electrons. The van der Waals surface area contributed by atoms with Gasteiger partial charge in [0.1, 0.15) is 0 Å². The molecule has 1 fully saturated rings. The minimum Gasteiger partial charge on any atom is -0.379 e. The molecule has 2 aromatic carbocycles. The smallest absolute Gasteiger partial charge is 0.253 e. The fraction of sp³-hybridized carbons (Fsp3) is 0.350. The van der Waals surface area contributed by atoms with Crippen LogP contribution in [0.4, 0.5) is 5.69 Å². The summed E-state index contributed by atoms with van der Waals surface area (Å²) in [4.78, 5) is 14.9. The molecule has 1 amide bonds. The van der Waals surface area contributed by atoms with Crippen LogP contribution in [0.5, 0.6) is 0 Å². The van der Waals surface area contributed by atoms with Crippen molar-refractivity contribution < 1.29 is 17.9 Å². The number of hydrogen-bond acceptors (Lipinski definition) is 5. The third kappa shape index (κ3) is 6.05. The van der Waals surface area contributed by atoms with E-state index in [1.165, 1.54) is 5.56 Å². The molecular formula is C20H25N3O4S. The number of nitrogens with zero attached hydrogens (tertiary/aromatic N) is 1. The van der Waals surface area contributed by atoms with Gasteiger partial charge in [-0.2, -0.15) is 0 Å². The van der Waals surface area contributed by atoms with E-state index < -0.39 is 10.0 Å². The Bertz CT molecular complexity index is 925. The van der Waals surface area contributed by atoms with E-state index in [0.717, 1.165) is 44.7 Å². The molecule has 7 nitrogen and oxygen atoms in total. The molecule has 3 rings (SSSR count). The Kier molecular flexibility index (Phi) is 6.66. The van der Waals surface area contributed by atoms with Crippen LogP contribution in [0.1, 0.15) is 21.5 Å². The van der Waals surface area contributed by atoms with Crippen molar-refractivity contribution in [2.45, 2.75) is 13.1 Å². The van der Waals surface area contributed by atoms with Crippen molar-refractivity contribution >= 4 is 21.6 Å². The molecule has 0 unspecified atom stereocenters. The number of ether oxygens (including phenoxy) is 1. The van der Waals surface area contributed by atoms with Gasteiger partial charge in [-0.1, -0.05) is 36.4 Å². The number of hydrogen-bond donors (Lipinski definition) is 2. The van der Waals surface area contributed by atoms with Gasteiger partial charge in [0, 0.05) is 26.2 Å². The second-order valence-corrected chi connectivity index (χ2v) is 8.56. The van der Waals surface area contributed by atoms with Crippen molar-refractivity contribution in [2.75, 3.05) is 37.3 Å². The first kappa shape index (κ1) is 20.3. The summed E-state index contributed by atoms with van der Waals surface area (Å²) in [6.07, 6.45) is 1.06. The topological polar surface area (TPSA) is 87.7 Å². The first-order chi connectivity index (χ1) is 13.4. The Balaban J connectivity index is 1.63. The molecule has 0 spiro atoms. The van der Waals surface area contributed by atoms with Crippen LogP contribution < -0.4 is 10.0 Å². The number of nitrogens with one attached hydrogen (secondary N) is 2. The molecule has 2 N–H and O–H groups in total. The summed E-state index contributed by atoms with van der Waals surface area (Å²) < 4.78 is 30.8. The molecule has 2 aromatic rings. The Morgan fingerprint density at radius 2 is 1.79 bits per heavy atom. The van der Waals surface area contributed by atoms with E-state index in [-0.39, 0.29) is 17.2 Å². The van der Waals surface area contributed by atoms with Gasteiger partial charge in [-0.3, -0.25) is 14.4 Å². The Morgan fingerprint density at radius 1 is 1.07 bits per heavy atom. The fourth-order valence-corrected chi connectivity index (χ4v) is 3.68. The second-order valence-electron chi connectivity index (χ2n) is 6.81. The SMILES string of the molecule is CS(=O)(=O)Nc1ccccc1C(=O)NCc1cccc(CN2CCOCC2)c1. The van der Waals surface area contributed by atoms with E-state index in [4.69, 9.17) is 4.74 Å². The molecule has 8 heteroatoms. The van der Waals surface area contributed by atoms with Gasteiger partial charge in [-0.25, -0.2) is 8.42 Å². The van der Waals surface area contributed by atoms with Crippen molar-refractivity contribution in [2.24, 2.45) is 0 Å². The molecule has 0 atom stereocenters. The normalized spacial score (nSPS) is 15.2. The molecule has 0 bridgehead atoms. The average molecular weight is 404 g/mol. The van der Waals surface area contributed by atoms with Crippen LogP contribution in [-0.2, 0) is 27.8 Å². The highest BCUT2D eigenvalue weighted by Crippen LogP contribution is 2.16. The van der Waals surface area contributed by atoms with Gasteiger partial charge in [0.2, 0.25) is 10.0 Å². The molecule has 1 aliphatic rings. The molecule has 1 saturated heterocycles. The Hall–Kier alpha value is -2.42. The number of sulfonamides is 1. The highest BCUT2D eigenvalue weighted by Gasteiger charge is 2.14. The third-order valence-electron chi connectivity index (χ3n) is 4.42. The molecule has 0 saturated carbocycles. The van der Waals surface area contributed by atoms with Crippen LogP contribution in [0.2, 0.25) is 0 Å². The predicted octanol–water partition coefficient (Wildman–Crippen LogP) is 1.82. The zero-order valence-electron chi connectivity index (χ0n) is 15.8. The first-order valence-electron chi connectivity index (χ1n) is 9.14. The number of rotatable bonds is 7. The number of morpholine rings is 1. The number of amides is 1. The molecule has 150 valence electrons. The zero-order valence-corrected chi connectivity index (χ0v) is 16.7. The van der Waals surface area contributed by atoms with Gasteiger partial charge in [-0.15, -0.1) is 0 Å². The first-order valence-corrected chi connectivity index (χ1v) is 11.0. The molecule has 1 heterocycles. The van der Waals surface area contributed by atoms with E-state index in [1.807, 2.05) is 12.1 Å². The molecule has 28 heavy (non-hydrogen) atoms. The number of carbonyl (C=O) groups is 1. The lowest BCUT2D eigenvalue weighted by atomic mass is 10.1. The van der Waals surface area contributed by atoms with Crippen LogP contribution in [0.15, 0.2) is 48.5 Å². The van der Waals surface area contributed by atoms with Gasteiger partial charge in [0.05, 0.1) is 30.7 Å². The largest absolute Gasteiger partial charge is 0.379 e. The molecule has 1 aliphatic heterocycles. The average Bonchev–Trinajstić information content (AvgIpc) is 2.66. The van der Waals surface area contributed by atoms with Crippen molar-refractivity contribution in [1.29, 1.82) is 0 Å². The summed E-state index contributed by atoms with van der Waals surface area (Å²) in [5.41, 5.74) is 2.74. The highest BCUT2D eigenvalue weighted by atomic mass is 32.2. The summed E-state index contributed by atoms with van der Waals surface area (Å²) in [7, 11) is -3.46. The lowest BCUT2D eigenvalue weighted by Crippen LogP contribution is -2.35. The summed E-state index contributed by atoms with van der Waals surface area (Å²) in [5, 5.41) is 2.86. The van der Waals surface area contributed by atoms with Gasteiger partial charge in [-0.05, 0) is 23.3 Å². The monoisotopic (exact) mass is 403 g/mol. The van der Waals surface area contributed by atoms with Crippen LogP contribution in [0.3, 0.4) is 0 Å². The zero-order chi connectivity index (χ0) is 20.0. The van der Waals surface area contributed by atoms with Crippen LogP contribution in [0, 0.1) is 0 Å². The van der Waals surface area contributed by atoms with Crippen molar-refractivity contribution in [3.8, 4) is 0 Å². The quantitative estimate of drug-likeness (QED) is 0.736. The third-order valence-corrected chi connectivity index (χ3v) is 5.01. The number of benzene rings is 2. The lowest BCUT2D eigenvalue weighted by molar-refractivity contribution is 0.0342. The highest BCUT2D eigenvalue weighted by molar-refractivity contribution is 7.92. The lowest BCUT2D eigenvalue weighted by Gasteiger charge is -2.26. The second kappa shape index (κ2) is 9.18. The number of para-hydroxylation sites is 1. The minimum atomic E-state index is -3.46. The van der Waals surface area contributed by atoms with Crippen LogP contribution in [-0.4, -0.2) is 51.8 Å². The fourth-order valence-electron chi connectivity index (χ4n) is 3.10. The summed E-state index contributed by atoms with van der Waals surface area (Å²) in [6.45, 7) is 4.58. The standard InChI is InChI=1S/C20H25N3O4S/c1-28(25,26)22-19-8-3-2-7-18(19)20(24)21-14-16-5-4-6-17(13-16)15-23-9-11-27-12-10-23/h2-8,13,22H,9-12,14-15H2,1H3,(H,21,24). The van der Waals surface area contributed by atoms with Crippen molar-refractivity contribution in [3.63, 3.8) is 0 Å². The van der Waals surface area contributed by atoms with E-state index in [1.54, 1.807) is 24.3 Å². The predicted molar refractivity (Wildman–Crippen MR) is 109 cm³/mol. The number of anilines is 1. The minimum absolute atomic E-state index is 0.267. The van der Waals surface area contributed by atoms with E-state index >= 15 is 0 Å². The molecular weight excluding hydrogens is 378 g/mol. The van der Waals surface area contributed by atoms with E-state index in [0.29, 0.717) is 6.54 Å².